The number of nitrogens with zero attached hydrogens (tertiary/aromatic N) is 2. The molecule has 0 atom stereocenters. The Hall–Kier alpha value is -1.77. The van der Waals surface area contributed by atoms with Gasteiger partial charge in [-0.25, -0.2) is 4.68 Å². The Morgan fingerprint density at radius 1 is 1.25 bits per heavy atom. The highest BCUT2D eigenvalue weighted by atomic mass is 15.3. The van der Waals surface area contributed by atoms with E-state index in [-0.39, 0.29) is 0 Å². The lowest BCUT2D eigenvalue weighted by Gasteiger charge is -2.13. The van der Waals surface area contributed by atoms with Crippen LogP contribution in [0.5, 0.6) is 0 Å². The first-order valence-corrected chi connectivity index (χ1v) is 5.51. The Morgan fingerprint density at radius 2 is 1.94 bits per heavy atom. The summed E-state index contributed by atoms with van der Waals surface area (Å²) in [6.07, 6.45) is 0. The fourth-order valence-corrected chi connectivity index (χ4v) is 1.91. The van der Waals surface area contributed by atoms with E-state index in [1.807, 2.05) is 23.7 Å². The van der Waals surface area contributed by atoms with Gasteiger partial charge in [0.25, 0.3) is 0 Å². The van der Waals surface area contributed by atoms with Crippen molar-refractivity contribution in [1.82, 2.24) is 9.78 Å². The third kappa shape index (κ3) is 1.81. The summed E-state index contributed by atoms with van der Waals surface area (Å²) in [5.41, 5.74) is 9.17. The van der Waals surface area contributed by atoms with Gasteiger partial charge in [-0.1, -0.05) is 32.0 Å². The topological polar surface area (TPSA) is 43.8 Å². The molecule has 0 aliphatic heterocycles. The van der Waals surface area contributed by atoms with Crippen LogP contribution in [0.25, 0.3) is 5.69 Å². The van der Waals surface area contributed by atoms with Gasteiger partial charge in [0, 0.05) is 11.8 Å². The molecule has 3 nitrogen and oxygen atoms in total. The molecule has 0 aliphatic rings. The van der Waals surface area contributed by atoms with E-state index in [2.05, 4.69) is 37.1 Å². The van der Waals surface area contributed by atoms with Crippen molar-refractivity contribution >= 4 is 5.82 Å². The zero-order valence-corrected chi connectivity index (χ0v) is 9.94. The lowest BCUT2D eigenvalue weighted by Crippen LogP contribution is -2.04. The van der Waals surface area contributed by atoms with E-state index in [1.54, 1.807) is 0 Å². The molecule has 0 bridgehead atoms. The number of benzene rings is 1. The van der Waals surface area contributed by atoms with Gasteiger partial charge in [0.05, 0.1) is 5.69 Å². The fourth-order valence-electron chi connectivity index (χ4n) is 1.91. The van der Waals surface area contributed by atoms with Crippen molar-refractivity contribution in [2.45, 2.75) is 26.7 Å². The molecule has 2 N–H and O–H groups in total. The summed E-state index contributed by atoms with van der Waals surface area (Å²) in [6.45, 7) is 6.38. The predicted molar refractivity (Wildman–Crippen MR) is 66.8 cm³/mol. The number of nitrogens with two attached hydrogens (primary N) is 1. The zero-order chi connectivity index (χ0) is 11.7. The average Bonchev–Trinajstić information content (AvgIpc) is 2.57. The summed E-state index contributed by atoms with van der Waals surface area (Å²) in [4.78, 5) is 0. The molecule has 0 radical (unpaired) electrons. The largest absolute Gasteiger partial charge is 0.382 e. The number of hydrogen-bond acceptors (Lipinski definition) is 2. The molecule has 1 heterocycles. The van der Waals surface area contributed by atoms with Gasteiger partial charge in [-0.3, -0.25) is 0 Å². The van der Waals surface area contributed by atoms with Crippen LogP contribution < -0.4 is 5.73 Å². The molecule has 0 spiro atoms. The van der Waals surface area contributed by atoms with Crippen LogP contribution in [0.1, 0.15) is 31.0 Å². The number of nitrogen functional groups attached to an aromatic ring is 1. The summed E-state index contributed by atoms with van der Waals surface area (Å²) in [5.74, 6) is 1.04. The van der Waals surface area contributed by atoms with Crippen molar-refractivity contribution in [1.29, 1.82) is 0 Å². The first-order valence-electron chi connectivity index (χ1n) is 5.51. The molecule has 0 amide bonds. The molecule has 16 heavy (non-hydrogen) atoms. The highest BCUT2D eigenvalue weighted by molar-refractivity contribution is 5.45. The highest BCUT2D eigenvalue weighted by Crippen LogP contribution is 2.23. The number of anilines is 1. The zero-order valence-electron chi connectivity index (χ0n) is 9.94. The molecule has 1 aromatic heterocycles. The van der Waals surface area contributed by atoms with E-state index < -0.39 is 0 Å². The molecule has 2 rings (SSSR count). The van der Waals surface area contributed by atoms with Crippen LogP contribution in [-0.4, -0.2) is 9.78 Å². The van der Waals surface area contributed by atoms with Crippen LogP contribution >= 0.6 is 0 Å². The molecular formula is C13H17N3. The lowest BCUT2D eigenvalue weighted by molar-refractivity contribution is 0.795. The van der Waals surface area contributed by atoms with Crippen molar-refractivity contribution < 1.29 is 0 Å². The summed E-state index contributed by atoms with van der Waals surface area (Å²) >= 11 is 0. The molecule has 1 aromatic carbocycles. The van der Waals surface area contributed by atoms with Gasteiger partial charge >= 0.3 is 0 Å². The van der Waals surface area contributed by atoms with Gasteiger partial charge in [-0.05, 0) is 24.5 Å². The van der Waals surface area contributed by atoms with Gasteiger partial charge < -0.3 is 5.73 Å². The summed E-state index contributed by atoms with van der Waals surface area (Å²) in [6, 6.07) is 10.2. The Kier molecular flexibility index (Phi) is 2.69. The van der Waals surface area contributed by atoms with Crippen LogP contribution in [0.15, 0.2) is 30.3 Å². The summed E-state index contributed by atoms with van der Waals surface area (Å²) in [5, 5.41) is 4.32. The molecule has 0 unspecified atom stereocenters. The molecule has 84 valence electrons. The van der Waals surface area contributed by atoms with E-state index >= 15 is 0 Å². The summed E-state index contributed by atoms with van der Waals surface area (Å²) < 4.78 is 1.91. The maximum absolute atomic E-state index is 5.71. The molecule has 0 saturated carbocycles. The Morgan fingerprint density at radius 3 is 2.50 bits per heavy atom. The van der Waals surface area contributed by atoms with Crippen LogP contribution in [0, 0.1) is 6.92 Å². The van der Waals surface area contributed by atoms with Crippen LogP contribution in [0.3, 0.4) is 0 Å². The second-order valence-electron chi connectivity index (χ2n) is 4.34. The van der Waals surface area contributed by atoms with E-state index in [1.165, 1.54) is 5.56 Å². The molecular weight excluding hydrogens is 198 g/mol. The van der Waals surface area contributed by atoms with Crippen molar-refractivity contribution in [3.05, 3.63) is 41.6 Å². The van der Waals surface area contributed by atoms with Crippen molar-refractivity contribution in [3.63, 3.8) is 0 Å². The Balaban J connectivity index is 2.59. The first-order chi connectivity index (χ1) is 7.59. The SMILES string of the molecule is Cc1cc(N)nn1-c1ccccc1C(C)C. The van der Waals surface area contributed by atoms with Crippen LogP contribution in [0.4, 0.5) is 5.82 Å². The predicted octanol–water partition coefficient (Wildman–Crippen LogP) is 2.89. The highest BCUT2D eigenvalue weighted by Gasteiger charge is 2.10. The molecule has 0 fully saturated rings. The third-order valence-electron chi connectivity index (χ3n) is 2.69. The number of aromatic nitrogens is 2. The standard InChI is InChI=1S/C13H17N3/c1-9(2)11-6-4-5-7-12(11)16-10(3)8-13(14)15-16/h4-9H,1-3H3,(H2,14,15). The van der Waals surface area contributed by atoms with E-state index in [4.69, 9.17) is 5.73 Å². The lowest BCUT2D eigenvalue weighted by atomic mass is 10.0. The Labute approximate surface area is 95.9 Å². The maximum Gasteiger partial charge on any atom is 0.146 e. The molecule has 3 heteroatoms. The van der Waals surface area contributed by atoms with Crippen molar-refractivity contribution in [2.75, 3.05) is 5.73 Å². The minimum atomic E-state index is 0.473. The van der Waals surface area contributed by atoms with E-state index in [0.717, 1.165) is 11.4 Å². The van der Waals surface area contributed by atoms with E-state index in [9.17, 15) is 0 Å². The van der Waals surface area contributed by atoms with Gasteiger partial charge in [0.15, 0.2) is 0 Å². The number of aryl methyl sites for hydroxylation is 1. The third-order valence-corrected chi connectivity index (χ3v) is 2.69. The molecule has 0 saturated heterocycles. The van der Waals surface area contributed by atoms with Gasteiger partial charge in [-0.15, -0.1) is 0 Å². The van der Waals surface area contributed by atoms with Crippen LogP contribution in [0.2, 0.25) is 0 Å². The minimum absolute atomic E-state index is 0.473. The minimum Gasteiger partial charge on any atom is -0.382 e. The molecule has 0 aliphatic carbocycles. The molecule has 2 aromatic rings. The van der Waals surface area contributed by atoms with Crippen molar-refractivity contribution in [3.8, 4) is 5.69 Å². The summed E-state index contributed by atoms with van der Waals surface area (Å²) in [7, 11) is 0. The van der Waals surface area contributed by atoms with Gasteiger partial charge in [0.1, 0.15) is 5.82 Å². The van der Waals surface area contributed by atoms with Gasteiger partial charge in [-0.2, -0.15) is 5.10 Å². The smallest absolute Gasteiger partial charge is 0.146 e. The maximum atomic E-state index is 5.71. The quantitative estimate of drug-likeness (QED) is 0.837. The van der Waals surface area contributed by atoms with Crippen LogP contribution in [-0.2, 0) is 0 Å². The number of para-hydroxylation sites is 1. The number of rotatable bonds is 2. The first kappa shape index (κ1) is 10.7. The van der Waals surface area contributed by atoms with E-state index in [0.29, 0.717) is 11.7 Å². The monoisotopic (exact) mass is 215 g/mol. The normalized spacial score (nSPS) is 11.0. The fraction of sp³-hybridized carbons (Fsp3) is 0.308. The van der Waals surface area contributed by atoms with Gasteiger partial charge in [0.2, 0.25) is 0 Å². The average molecular weight is 215 g/mol. The second kappa shape index (κ2) is 4.00. The second-order valence-corrected chi connectivity index (χ2v) is 4.34. The van der Waals surface area contributed by atoms with Crippen molar-refractivity contribution in [2.24, 2.45) is 0 Å². The number of hydrogen-bond donors (Lipinski definition) is 1. The Bertz CT molecular complexity index is 498.